The van der Waals surface area contributed by atoms with E-state index in [9.17, 15) is 9.59 Å². The molecule has 1 saturated carbocycles. The first-order valence-corrected chi connectivity index (χ1v) is 6.17. The zero-order chi connectivity index (χ0) is 12.0. The highest BCUT2D eigenvalue weighted by Gasteiger charge is 2.35. The maximum Gasteiger partial charge on any atom is 0.307 e. The number of carboxylic acid groups (broad SMARTS) is 1. The Balaban J connectivity index is 2.47. The van der Waals surface area contributed by atoms with Crippen molar-refractivity contribution in [2.45, 2.75) is 45.4 Å². The van der Waals surface area contributed by atoms with E-state index in [0.29, 0.717) is 13.0 Å². The average Bonchev–Trinajstić information content (AvgIpc) is 2.29. The molecule has 0 aromatic heterocycles. The molecule has 1 aliphatic rings. The highest BCUT2D eigenvalue weighted by Crippen LogP contribution is 2.30. The normalized spacial score (nSPS) is 25.1. The van der Waals surface area contributed by atoms with E-state index in [4.69, 9.17) is 5.11 Å². The van der Waals surface area contributed by atoms with Crippen molar-refractivity contribution in [2.75, 3.05) is 6.54 Å². The van der Waals surface area contributed by atoms with E-state index in [2.05, 4.69) is 12.2 Å². The van der Waals surface area contributed by atoms with Gasteiger partial charge in [-0.25, -0.2) is 0 Å². The van der Waals surface area contributed by atoms with Crippen molar-refractivity contribution >= 4 is 11.9 Å². The van der Waals surface area contributed by atoms with Gasteiger partial charge in [0, 0.05) is 6.54 Å². The van der Waals surface area contributed by atoms with E-state index in [1.165, 1.54) is 0 Å². The van der Waals surface area contributed by atoms with Crippen molar-refractivity contribution < 1.29 is 14.7 Å². The van der Waals surface area contributed by atoms with Gasteiger partial charge < -0.3 is 10.4 Å². The first-order valence-electron chi connectivity index (χ1n) is 6.17. The molecular formula is C12H21NO3. The number of rotatable bonds is 5. The number of carbonyl (C=O) groups is 2. The van der Waals surface area contributed by atoms with Crippen molar-refractivity contribution in [1.29, 1.82) is 0 Å². The molecule has 2 atom stereocenters. The lowest BCUT2D eigenvalue weighted by atomic mass is 9.78. The molecule has 1 fully saturated rings. The summed E-state index contributed by atoms with van der Waals surface area (Å²) in [4.78, 5) is 22.8. The Morgan fingerprint density at radius 2 is 1.88 bits per heavy atom. The minimum Gasteiger partial charge on any atom is -0.481 e. The molecule has 0 aliphatic heterocycles. The fraction of sp³-hybridized carbons (Fsp3) is 0.833. The molecule has 2 N–H and O–H groups in total. The number of aliphatic carboxylic acids is 1. The minimum absolute atomic E-state index is 0.0689. The zero-order valence-electron chi connectivity index (χ0n) is 9.87. The Morgan fingerprint density at radius 1 is 1.25 bits per heavy atom. The van der Waals surface area contributed by atoms with Crippen LogP contribution in [0, 0.1) is 11.8 Å². The van der Waals surface area contributed by atoms with Gasteiger partial charge >= 0.3 is 5.97 Å². The minimum atomic E-state index is -0.824. The number of carboxylic acids is 1. The molecule has 1 rings (SSSR count). The molecule has 0 radical (unpaired) electrons. The maximum absolute atomic E-state index is 11.8. The first-order chi connectivity index (χ1) is 7.66. The molecule has 1 amide bonds. The summed E-state index contributed by atoms with van der Waals surface area (Å²) in [6.07, 6.45) is 5.24. The van der Waals surface area contributed by atoms with E-state index in [0.717, 1.165) is 32.1 Å². The van der Waals surface area contributed by atoms with Gasteiger partial charge in [-0.3, -0.25) is 9.59 Å². The molecule has 16 heavy (non-hydrogen) atoms. The second-order valence-electron chi connectivity index (χ2n) is 4.48. The summed E-state index contributed by atoms with van der Waals surface area (Å²) in [5.41, 5.74) is 0. The first kappa shape index (κ1) is 13.0. The van der Waals surface area contributed by atoms with Crippen LogP contribution >= 0.6 is 0 Å². The van der Waals surface area contributed by atoms with Crippen molar-refractivity contribution in [2.24, 2.45) is 11.8 Å². The van der Waals surface area contributed by atoms with E-state index in [1.807, 2.05) is 0 Å². The van der Waals surface area contributed by atoms with Crippen LogP contribution in [-0.4, -0.2) is 23.5 Å². The Morgan fingerprint density at radius 3 is 2.44 bits per heavy atom. The largest absolute Gasteiger partial charge is 0.481 e. The molecule has 0 aromatic rings. The van der Waals surface area contributed by atoms with Gasteiger partial charge in [-0.15, -0.1) is 0 Å². The quantitative estimate of drug-likeness (QED) is 0.704. The van der Waals surface area contributed by atoms with E-state index in [1.54, 1.807) is 0 Å². The van der Waals surface area contributed by atoms with Crippen LogP contribution in [0.15, 0.2) is 0 Å². The van der Waals surface area contributed by atoms with Crippen LogP contribution in [0.1, 0.15) is 45.4 Å². The Kier molecular flexibility index (Phi) is 5.29. The molecule has 4 nitrogen and oxygen atoms in total. The SMILES string of the molecule is CCCCNC(=O)C1CCCCC1C(=O)O. The van der Waals surface area contributed by atoms with Crippen molar-refractivity contribution in [1.82, 2.24) is 5.32 Å². The van der Waals surface area contributed by atoms with Gasteiger partial charge in [0.2, 0.25) is 5.91 Å². The summed E-state index contributed by atoms with van der Waals surface area (Å²) in [6.45, 7) is 2.73. The topological polar surface area (TPSA) is 66.4 Å². The van der Waals surface area contributed by atoms with Crippen LogP contribution in [0.25, 0.3) is 0 Å². The van der Waals surface area contributed by atoms with E-state index >= 15 is 0 Å². The maximum atomic E-state index is 11.8. The Hall–Kier alpha value is -1.06. The third-order valence-corrected chi connectivity index (χ3v) is 3.25. The predicted octanol–water partition coefficient (Wildman–Crippen LogP) is 1.79. The van der Waals surface area contributed by atoms with Crippen LogP contribution < -0.4 is 5.32 Å². The fourth-order valence-electron chi connectivity index (χ4n) is 2.26. The number of amides is 1. The summed E-state index contributed by atoms with van der Waals surface area (Å²) in [6, 6.07) is 0. The molecule has 0 bridgehead atoms. The predicted molar refractivity (Wildman–Crippen MR) is 61.0 cm³/mol. The second-order valence-corrected chi connectivity index (χ2v) is 4.48. The van der Waals surface area contributed by atoms with Gasteiger partial charge in [-0.05, 0) is 19.3 Å². The molecule has 0 saturated heterocycles. The molecule has 1 aliphatic carbocycles. The smallest absolute Gasteiger partial charge is 0.307 e. The number of nitrogens with one attached hydrogen (secondary N) is 1. The Labute approximate surface area is 96.4 Å². The molecule has 0 heterocycles. The van der Waals surface area contributed by atoms with Crippen LogP contribution in [0.3, 0.4) is 0 Å². The zero-order valence-corrected chi connectivity index (χ0v) is 9.87. The lowest BCUT2D eigenvalue weighted by Gasteiger charge is -2.27. The summed E-state index contributed by atoms with van der Waals surface area (Å²) in [7, 11) is 0. The summed E-state index contributed by atoms with van der Waals surface area (Å²) in [5, 5.41) is 11.9. The van der Waals surface area contributed by atoms with Gasteiger partial charge in [0.15, 0.2) is 0 Å². The van der Waals surface area contributed by atoms with Crippen LogP contribution in [0.4, 0.5) is 0 Å². The van der Waals surface area contributed by atoms with Gasteiger partial charge in [-0.2, -0.15) is 0 Å². The standard InChI is InChI=1S/C12H21NO3/c1-2-3-8-13-11(14)9-6-4-5-7-10(9)12(15)16/h9-10H,2-8H2,1H3,(H,13,14)(H,15,16). The van der Waals surface area contributed by atoms with Crippen molar-refractivity contribution in [3.8, 4) is 0 Å². The monoisotopic (exact) mass is 227 g/mol. The van der Waals surface area contributed by atoms with Crippen molar-refractivity contribution in [3.63, 3.8) is 0 Å². The van der Waals surface area contributed by atoms with Gasteiger partial charge in [0.05, 0.1) is 11.8 Å². The lowest BCUT2D eigenvalue weighted by molar-refractivity contribution is -0.148. The van der Waals surface area contributed by atoms with Gasteiger partial charge in [0.1, 0.15) is 0 Å². The van der Waals surface area contributed by atoms with Gasteiger partial charge in [-0.1, -0.05) is 26.2 Å². The molecule has 2 unspecified atom stereocenters. The average molecular weight is 227 g/mol. The third kappa shape index (κ3) is 3.51. The van der Waals surface area contributed by atoms with E-state index < -0.39 is 11.9 Å². The van der Waals surface area contributed by atoms with Crippen LogP contribution in [0.2, 0.25) is 0 Å². The summed E-state index contributed by atoms with van der Waals surface area (Å²) < 4.78 is 0. The molecule has 92 valence electrons. The molecule has 0 aromatic carbocycles. The number of unbranched alkanes of at least 4 members (excludes halogenated alkanes) is 1. The molecular weight excluding hydrogens is 206 g/mol. The highest BCUT2D eigenvalue weighted by molar-refractivity contribution is 5.84. The van der Waals surface area contributed by atoms with Gasteiger partial charge in [0.25, 0.3) is 0 Å². The summed E-state index contributed by atoms with van der Waals surface area (Å²) >= 11 is 0. The molecule has 4 heteroatoms. The third-order valence-electron chi connectivity index (χ3n) is 3.25. The number of hydrogen-bond donors (Lipinski definition) is 2. The lowest BCUT2D eigenvalue weighted by Crippen LogP contribution is -2.40. The second kappa shape index (κ2) is 6.51. The fourth-order valence-corrected chi connectivity index (χ4v) is 2.26. The van der Waals surface area contributed by atoms with Crippen LogP contribution in [-0.2, 0) is 9.59 Å². The number of hydrogen-bond acceptors (Lipinski definition) is 2. The Bertz CT molecular complexity index is 253. The summed E-state index contributed by atoms with van der Waals surface area (Å²) in [5.74, 6) is -1.69. The van der Waals surface area contributed by atoms with E-state index in [-0.39, 0.29) is 11.8 Å². The highest BCUT2D eigenvalue weighted by atomic mass is 16.4. The molecule has 0 spiro atoms. The van der Waals surface area contributed by atoms with Crippen LogP contribution in [0.5, 0.6) is 0 Å². The number of carbonyl (C=O) groups excluding carboxylic acids is 1. The van der Waals surface area contributed by atoms with Crippen molar-refractivity contribution in [3.05, 3.63) is 0 Å².